The van der Waals surface area contributed by atoms with Crippen molar-refractivity contribution in [2.24, 2.45) is 0 Å². The van der Waals surface area contributed by atoms with Crippen LogP contribution >= 0.6 is 0 Å². The first-order valence-electron chi connectivity index (χ1n) is 15.4. The van der Waals surface area contributed by atoms with Crippen molar-refractivity contribution in [3.05, 3.63) is 150 Å². The number of para-hydroxylation sites is 2. The highest BCUT2D eigenvalue weighted by atomic mass is 15.0. The monoisotopic (exact) mass is 551 g/mol. The van der Waals surface area contributed by atoms with Crippen LogP contribution < -0.4 is 0 Å². The van der Waals surface area contributed by atoms with Crippen LogP contribution in [0.2, 0.25) is 0 Å². The zero-order valence-electron chi connectivity index (χ0n) is 25.1. The molecule has 6 aromatic carbocycles. The molecule has 1 nitrogen and oxygen atoms in total. The average Bonchev–Trinajstić information content (AvgIpc) is 3.58. The fourth-order valence-electron chi connectivity index (χ4n) is 8.45. The van der Waals surface area contributed by atoms with Gasteiger partial charge >= 0.3 is 0 Å². The molecule has 7 aromatic rings. The molecule has 0 saturated carbocycles. The number of rotatable bonds is 2. The molecule has 2 aliphatic carbocycles. The average molecular weight is 552 g/mol. The summed E-state index contributed by atoms with van der Waals surface area (Å²) >= 11 is 0. The Morgan fingerprint density at radius 2 is 0.953 bits per heavy atom. The van der Waals surface area contributed by atoms with Gasteiger partial charge in [0.25, 0.3) is 0 Å². The summed E-state index contributed by atoms with van der Waals surface area (Å²) in [5, 5.41) is 2.58. The minimum absolute atomic E-state index is 0.0613. The molecule has 0 bridgehead atoms. The van der Waals surface area contributed by atoms with E-state index in [1.165, 1.54) is 83.1 Å². The fourth-order valence-corrected chi connectivity index (χ4v) is 8.45. The van der Waals surface area contributed by atoms with Crippen LogP contribution in [-0.4, -0.2) is 4.57 Å². The number of aromatic nitrogens is 1. The van der Waals surface area contributed by atoms with Crippen LogP contribution in [0, 0.1) is 0 Å². The van der Waals surface area contributed by atoms with Crippen LogP contribution in [0.25, 0.3) is 60.9 Å². The van der Waals surface area contributed by atoms with Gasteiger partial charge in [0, 0.05) is 27.3 Å². The molecule has 43 heavy (non-hydrogen) atoms. The minimum atomic E-state index is -0.0890. The van der Waals surface area contributed by atoms with E-state index in [0.29, 0.717) is 0 Å². The molecule has 0 N–H and O–H groups in total. The maximum Gasteiger partial charge on any atom is 0.0541 e. The number of hydrogen-bond donors (Lipinski definition) is 0. The number of hydrogen-bond acceptors (Lipinski definition) is 0. The summed E-state index contributed by atoms with van der Waals surface area (Å²) < 4.78 is 2.40. The Kier molecular flexibility index (Phi) is 4.80. The first-order valence-corrected chi connectivity index (χ1v) is 15.4. The van der Waals surface area contributed by atoms with E-state index in [2.05, 4.69) is 160 Å². The lowest BCUT2D eigenvalue weighted by Gasteiger charge is -2.31. The van der Waals surface area contributed by atoms with Gasteiger partial charge in [0.05, 0.1) is 11.0 Å². The lowest BCUT2D eigenvalue weighted by Crippen LogP contribution is -2.24. The van der Waals surface area contributed by atoms with Gasteiger partial charge < -0.3 is 4.57 Å². The third-order valence-corrected chi connectivity index (χ3v) is 10.4. The van der Waals surface area contributed by atoms with Crippen molar-refractivity contribution in [3.63, 3.8) is 0 Å². The molecule has 9 rings (SSSR count). The largest absolute Gasteiger partial charge is 0.309 e. The summed E-state index contributed by atoms with van der Waals surface area (Å²) in [6.45, 7) is 9.67. The summed E-state index contributed by atoms with van der Waals surface area (Å²) in [6.07, 6.45) is 0. The maximum absolute atomic E-state index is 2.50. The van der Waals surface area contributed by atoms with E-state index in [4.69, 9.17) is 0 Å². The molecule has 0 spiro atoms. The highest BCUT2D eigenvalue weighted by Crippen LogP contribution is 2.61. The maximum atomic E-state index is 2.50. The Hall–Kier alpha value is -4.88. The Balaban J connectivity index is 1.31. The van der Waals surface area contributed by atoms with Gasteiger partial charge in [-0.1, -0.05) is 125 Å². The molecule has 0 unspecified atom stereocenters. The molecule has 1 heterocycles. The van der Waals surface area contributed by atoms with Crippen LogP contribution in [0.15, 0.2) is 127 Å². The van der Waals surface area contributed by atoms with Crippen molar-refractivity contribution in [2.75, 3.05) is 0 Å². The molecule has 0 radical (unpaired) electrons. The van der Waals surface area contributed by atoms with Crippen molar-refractivity contribution in [1.82, 2.24) is 4.57 Å². The zero-order valence-corrected chi connectivity index (χ0v) is 25.1. The fraction of sp³-hybridized carbons (Fsp3) is 0.143. The molecular weight excluding hydrogens is 518 g/mol. The third-order valence-electron chi connectivity index (χ3n) is 10.4. The molecule has 0 atom stereocenters. The van der Waals surface area contributed by atoms with Crippen LogP contribution in [0.4, 0.5) is 0 Å². The molecule has 2 aliphatic rings. The van der Waals surface area contributed by atoms with Gasteiger partial charge in [0.2, 0.25) is 0 Å². The van der Waals surface area contributed by atoms with Crippen LogP contribution in [-0.2, 0) is 10.8 Å². The van der Waals surface area contributed by atoms with E-state index < -0.39 is 0 Å². The lowest BCUT2D eigenvalue weighted by molar-refractivity contribution is 0.601. The first-order chi connectivity index (χ1) is 20.9. The van der Waals surface area contributed by atoms with Gasteiger partial charge in [-0.05, 0) is 86.0 Å². The lowest BCUT2D eigenvalue weighted by atomic mass is 9.71. The van der Waals surface area contributed by atoms with Gasteiger partial charge in [-0.15, -0.1) is 0 Å². The van der Waals surface area contributed by atoms with E-state index >= 15 is 0 Å². The Bertz CT molecular complexity index is 2220. The predicted molar refractivity (Wildman–Crippen MR) is 181 cm³/mol. The molecule has 1 heteroatoms. The quantitative estimate of drug-likeness (QED) is 0.201. The van der Waals surface area contributed by atoms with Crippen molar-refractivity contribution >= 4 is 21.8 Å². The van der Waals surface area contributed by atoms with E-state index in [-0.39, 0.29) is 10.8 Å². The van der Waals surface area contributed by atoms with Crippen molar-refractivity contribution in [3.8, 4) is 39.1 Å². The second kappa shape index (κ2) is 8.36. The summed E-state index contributed by atoms with van der Waals surface area (Å²) in [6, 6.07) is 47.3. The zero-order chi connectivity index (χ0) is 29.1. The molecule has 206 valence electrons. The number of fused-ring (bicyclic) bond motifs is 10. The normalized spacial score (nSPS) is 15.3. The molecule has 1 aromatic heterocycles. The minimum Gasteiger partial charge on any atom is -0.309 e. The Morgan fingerprint density at radius 1 is 0.442 bits per heavy atom. The van der Waals surface area contributed by atoms with Crippen LogP contribution in [0.1, 0.15) is 49.9 Å². The summed E-state index contributed by atoms with van der Waals surface area (Å²) in [5.41, 5.74) is 17.5. The van der Waals surface area contributed by atoms with E-state index in [0.717, 1.165) is 0 Å². The van der Waals surface area contributed by atoms with Gasteiger partial charge in [-0.2, -0.15) is 0 Å². The standard InChI is InChI=1S/C42H33N/c1-41(2)34-17-9-5-13-28(34)33-25-32(38-31-16-6-10-18-35(31)42(3,4)40(38)39(33)41)26-21-23-27(24-22-26)43-36-19-11-7-14-29(36)30-15-8-12-20-37(30)43/h5-25H,1-4H3. The summed E-state index contributed by atoms with van der Waals surface area (Å²) in [5.74, 6) is 0. The van der Waals surface area contributed by atoms with Gasteiger partial charge in [-0.3, -0.25) is 0 Å². The molecule has 0 fully saturated rings. The van der Waals surface area contributed by atoms with Gasteiger partial charge in [-0.25, -0.2) is 0 Å². The topological polar surface area (TPSA) is 4.93 Å². The SMILES string of the molecule is CC1(C)c2ccccc2-c2cc(-c3ccc(-n4c5ccccc5c5ccccc54)cc3)c3c(c21)C(C)(C)c1ccccc1-3. The first kappa shape index (κ1) is 24.7. The Labute approximate surface area is 253 Å². The molecule has 0 amide bonds. The highest BCUT2D eigenvalue weighted by molar-refractivity contribution is 6.09. The van der Waals surface area contributed by atoms with E-state index in [1.54, 1.807) is 0 Å². The second-order valence-corrected chi connectivity index (χ2v) is 13.4. The number of nitrogens with zero attached hydrogens (tertiary/aromatic N) is 1. The summed E-state index contributed by atoms with van der Waals surface area (Å²) in [7, 11) is 0. The van der Waals surface area contributed by atoms with E-state index in [9.17, 15) is 0 Å². The smallest absolute Gasteiger partial charge is 0.0541 e. The molecule has 0 saturated heterocycles. The molecule has 0 aliphatic heterocycles. The van der Waals surface area contributed by atoms with Crippen molar-refractivity contribution < 1.29 is 0 Å². The Morgan fingerprint density at radius 3 is 1.60 bits per heavy atom. The third kappa shape index (κ3) is 3.12. The van der Waals surface area contributed by atoms with Crippen LogP contribution in [0.3, 0.4) is 0 Å². The van der Waals surface area contributed by atoms with Crippen molar-refractivity contribution in [1.29, 1.82) is 0 Å². The second-order valence-electron chi connectivity index (χ2n) is 13.4. The molecular formula is C42H33N. The number of benzene rings is 6. The highest BCUT2D eigenvalue weighted by Gasteiger charge is 2.46. The summed E-state index contributed by atoms with van der Waals surface area (Å²) in [4.78, 5) is 0. The predicted octanol–water partition coefficient (Wildman–Crippen LogP) is 11.1. The van der Waals surface area contributed by atoms with E-state index in [1.807, 2.05) is 0 Å². The van der Waals surface area contributed by atoms with Gasteiger partial charge in [0.1, 0.15) is 0 Å². The van der Waals surface area contributed by atoms with Crippen molar-refractivity contribution in [2.45, 2.75) is 38.5 Å². The van der Waals surface area contributed by atoms with Gasteiger partial charge in [0.15, 0.2) is 0 Å². The van der Waals surface area contributed by atoms with Crippen LogP contribution in [0.5, 0.6) is 0 Å².